The van der Waals surface area contributed by atoms with E-state index in [0.29, 0.717) is 11.6 Å². The maximum absolute atomic E-state index is 10.9. The fourth-order valence-corrected chi connectivity index (χ4v) is 2.08. The Hall–Kier alpha value is -1.62. The molecule has 1 saturated heterocycles. The Kier molecular flexibility index (Phi) is 4.15. The standard InChI is InChI=1S/C13H18N2O3/c1-9-11(13(16)17)2-3-12(15-9)14-8-10-4-6-18-7-5-10/h2-3,10H,4-8H2,1H3,(H,14,15)(H,16,17). The number of anilines is 1. The van der Waals surface area contributed by atoms with Crippen molar-refractivity contribution >= 4 is 11.8 Å². The smallest absolute Gasteiger partial charge is 0.337 e. The third kappa shape index (κ3) is 3.20. The molecule has 0 atom stereocenters. The number of rotatable bonds is 4. The second kappa shape index (κ2) is 5.82. The fourth-order valence-electron chi connectivity index (χ4n) is 2.08. The van der Waals surface area contributed by atoms with Crippen molar-refractivity contribution in [1.29, 1.82) is 0 Å². The van der Waals surface area contributed by atoms with Crippen molar-refractivity contribution in [3.8, 4) is 0 Å². The molecule has 0 radical (unpaired) electrons. The lowest BCUT2D eigenvalue weighted by atomic mass is 10.0. The van der Waals surface area contributed by atoms with Crippen LogP contribution in [0.25, 0.3) is 0 Å². The van der Waals surface area contributed by atoms with Crippen LogP contribution >= 0.6 is 0 Å². The van der Waals surface area contributed by atoms with E-state index in [-0.39, 0.29) is 5.56 Å². The van der Waals surface area contributed by atoms with E-state index in [0.717, 1.165) is 38.4 Å². The number of carboxylic acids is 1. The third-order valence-electron chi connectivity index (χ3n) is 3.23. The molecule has 1 fully saturated rings. The Morgan fingerprint density at radius 1 is 1.50 bits per heavy atom. The zero-order valence-electron chi connectivity index (χ0n) is 10.5. The lowest BCUT2D eigenvalue weighted by Crippen LogP contribution is -2.23. The highest BCUT2D eigenvalue weighted by atomic mass is 16.5. The maximum Gasteiger partial charge on any atom is 0.337 e. The molecule has 2 heterocycles. The van der Waals surface area contributed by atoms with Crippen LogP contribution in [-0.4, -0.2) is 35.8 Å². The number of pyridine rings is 1. The number of hydrogen-bond acceptors (Lipinski definition) is 4. The first-order chi connectivity index (χ1) is 8.66. The van der Waals surface area contributed by atoms with Gasteiger partial charge in [0, 0.05) is 19.8 Å². The summed E-state index contributed by atoms with van der Waals surface area (Å²) in [5, 5.41) is 12.2. The predicted octanol–water partition coefficient (Wildman–Crippen LogP) is 1.93. The number of ether oxygens (including phenoxy) is 1. The van der Waals surface area contributed by atoms with Crippen molar-refractivity contribution in [1.82, 2.24) is 4.98 Å². The number of carboxylic acid groups (broad SMARTS) is 1. The summed E-state index contributed by atoms with van der Waals surface area (Å²) in [6.45, 7) is 4.23. The fraction of sp³-hybridized carbons (Fsp3) is 0.538. The predicted molar refractivity (Wildman–Crippen MR) is 68.0 cm³/mol. The number of hydrogen-bond donors (Lipinski definition) is 2. The maximum atomic E-state index is 10.9. The molecule has 5 heteroatoms. The molecule has 0 unspecified atom stereocenters. The minimum absolute atomic E-state index is 0.256. The van der Waals surface area contributed by atoms with Crippen molar-refractivity contribution in [2.45, 2.75) is 19.8 Å². The molecular formula is C13H18N2O3. The molecule has 5 nitrogen and oxygen atoms in total. The second-order valence-corrected chi connectivity index (χ2v) is 4.57. The van der Waals surface area contributed by atoms with Gasteiger partial charge >= 0.3 is 5.97 Å². The van der Waals surface area contributed by atoms with Crippen LogP contribution in [-0.2, 0) is 4.74 Å². The molecule has 2 rings (SSSR count). The summed E-state index contributed by atoms with van der Waals surface area (Å²) in [6, 6.07) is 3.31. The molecule has 1 aromatic rings. The van der Waals surface area contributed by atoms with Crippen molar-refractivity contribution in [2.75, 3.05) is 25.1 Å². The summed E-state index contributed by atoms with van der Waals surface area (Å²) in [5.41, 5.74) is 0.797. The molecule has 0 bridgehead atoms. The summed E-state index contributed by atoms with van der Waals surface area (Å²) in [6.07, 6.45) is 2.14. The minimum Gasteiger partial charge on any atom is -0.478 e. The van der Waals surface area contributed by atoms with Gasteiger partial charge in [0.2, 0.25) is 0 Å². The largest absolute Gasteiger partial charge is 0.478 e. The molecule has 1 aliphatic heterocycles. The van der Waals surface area contributed by atoms with Gasteiger partial charge in [-0.05, 0) is 37.8 Å². The molecule has 18 heavy (non-hydrogen) atoms. The summed E-state index contributed by atoms with van der Waals surface area (Å²) in [7, 11) is 0. The van der Waals surface area contributed by atoms with Crippen molar-refractivity contribution in [3.05, 3.63) is 23.4 Å². The first-order valence-corrected chi connectivity index (χ1v) is 6.19. The van der Waals surface area contributed by atoms with Gasteiger partial charge in [-0.25, -0.2) is 9.78 Å². The van der Waals surface area contributed by atoms with Gasteiger partial charge in [-0.3, -0.25) is 0 Å². The number of aromatic nitrogens is 1. The van der Waals surface area contributed by atoms with Gasteiger partial charge in [-0.2, -0.15) is 0 Å². The normalized spacial score (nSPS) is 16.5. The minimum atomic E-state index is -0.934. The van der Waals surface area contributed by atoms with E-state index in [2.05, 4.69) is 10.3 Å². The van der Waals surface area contributed by atoms with Crippen molar-refractivity contribution < 1.29 is 14.6 Å². The molecule has 0 aliphatic carbocycles. The van der Waals surface area contributed by atoms with Crippen molar-refractivity contribution in [2.24, 2.45) is 5.92 Å². The van der Waals surface area contributed by atoms with E-state index in [9.17, 15) is 4.79 Å². The van der Waals surface area contributed by atoms with Crippen LogP contribution in [0, 0.1) is 12.8 Å². The highest BCUT2D eigenvalue weighted by Crippen LogP contribution is 2.16. The van der Waals surface area contributed by atoms with Crippen LogP contribution in [0.15, 0.2) is 12.1 Å². The molecule has 98 valence electrons. The highest BCUT2D eigenvalue weighted by Gasteiger charge is 2.14. The Morgan fingerprint density at radius 3 is 2.83 bits per heavy atom. The van der Waals surface area contributed by atoms with Crippen LogP contribution in [0.2, 0.25) is 0 Å². The summed E-state index contributed by atoms with van der Waals surface area (Å²) < 4.78 is 5.30. The van der Waals surface area contributed by atoms with Gasteiger partial charge in [0.15, 0.2) is 0 Å². The van der Waals surface area contributed by atoms with E-state index in [1.54, 1.807) is 19.1 Å². The van der Waals surface area contributed by atoms with Crippen LogP contribution < -0.4 is 5.32 Å². The molecule has 0 spiro atoms. The monoisotopic (exact) mass is 250 g/mol. The van der Waals surface area contributed by atoms with E-state index < -0.39 is 5.97 Å². The SMILES string of the molecule is Cc1nc(NCC2CCOCC2)ccc1C(=O)O. The van der Waals surface area contributed by atoms with Crippen LogP contribution in [0.5, 0.6) is 0 Å². The van der Waals surface area contributed by atoms with Gasteiger partial charge in [-0.15, -0.1) is 0 Å². The summed E-state index contributed by atoms with van der Waals surface area (Å²) in [5.74, 6) is 0.417. The van der Waals surface area contributed by atoms with Gasteiger partial charge in [0.25, 0.3) is 0 Å². The van der Waals surface area contributed by atoms with E-state index in [1.165, 1.54) is 0 Å². The Labute approximate surface area is 106 Å². The van der Waals surface area contributed by atoms with Crippen molar-refractivity contribution in [3.63, 3.8) is 0 Å². The topological polar surface area (TPSA) is 71.5 Å². The lowest BCUT2D eigenvalue weighted by molar-refractivity contribution is 0.0692. The number of nitrogens with zero attached hydrogens (tertiary/aromatic N) is 1. The van der Waals surface area contributed by atoms with Gasteiger partial charge in [0.05, 0.1) is 11.3 Å². The molecule has 0 saturated carbocycles. The molecular weight excluding hydrogens is 232 g/mol. The average Bonchev–Trinajstić information content (AvgIpc) is 2.37. The molecule has 2 N–H and O–H groups in total. The van der Waals surface area contributed by atoms with E-state index >= 15 is 0 Å². The van der Waals surface area contributed by atoms with Gasteiger partial charge < -0.3 is 15.2 Å². The van der Waals surface area contributed by atoms with Gasteiger partial charge in [-0.1, -0.05) is 0 Å². The number of aryl methyl sites for hydroxylation is 1. The summed E-state index contributed by atoms with van der Waals surface area (Å²) in [4.78, 5) is 15.1. The quantitative estimate of drug-likeness (QED) is 0.854. The van der Waals surface area contributed by atoms with E-state index in [4.69, 9.17) is 9.84 Å². The Bertz CT molecular complexity index is 428. The zero-order chi connectivity index (χ0) is 13.0. The van der Waals surface area contributed by atoms with Crippen LogP contribution in [0.1, 0.15) is 28.9 Å². The third-order valence-corrected chi connectivity index (χ3v) is 3.23. The molecule has 1 aromatic heterocycles. The van der Waals surface area contributed by atoms with Crippen LogP contribution in [0.3, 0.4) is 0 Å². The summed E-state index contributed by atoms with van der Waals surface area (Å²) >= 11 is 0. The number of aromatic carboxylic acids is 1. The lowest BCUT2D eigenvalue weighted by Gasteiger charge is -2.22. The Balaban J connectivity index is 1.93. The molecule has 1 aliphatic rings. The molecule has 0 aromatic carbocycles. The van der Waals surface area contributed by atoms with E-state index in [1.807, 2.05) is 0 Å². The number of nitrogens with one attached hydrogen (secondary N) is 1. The number of carbonyl (C=O) groups is 1. The first-order valence-electron chi connectivity index (χ1n) is 6.19. The van der Waals surface area contributed by atoms with Crippen LogP contribution in [0.4, 0.5) is 5.82 Å². The second-order valence-electron chi connectivity index (χ2n) is 4.57. The zero-order valence-corrected chi connectivity index (χ0v) is 10.5. The van der Waals surface area contributed by atoms with Gasteiger partial charge in [0.1, 0.15) is 5.82 Å². The molecule has 0 amide bonds. The first kappa shape index (κ1) is 12.8. The Morgan fingerprint density at radius 2 is 2.22 bits per heavy atom. The highest BCUT2D eigenvalue weighted by molar-refractivity contribution is 5.89. The average molecular weight is 250 g/mol.